The lowest BCUT2D eigenvalue weighted by molar-refractivity contribution is 0.256. The minimum absolute atomic E-state index is 0.514. The van der Waals surface area contributed by atoms with Crippen LogP contribution in [0, 0.1) is 6.92 Å². The standard InChI is InChI=1S/C25H22O2/c1-19-9-8-14-22-15-24(26-17-20-10-4-2-5-11-20)25(16-23(19)22)27-18-21-12-6-3-7-13-21/h2-16H,17-18H2,1H3. The van der Waals surface area contributed by atoms with Crippen molar-refractivity contribution in [1.29, 1.82) is 0 Å². The fraction of sp³-hybridized carbons (Fsp3) is 0.120. The average molecular weight is 354 g/mol. The van der Waals surface area contributed by atoms with E-state index in [1.807, 2.05) is 36.4 Å². The third-order valence-electron chi connectivity index (χ3n) is 4.64. The molecule has 0 bridgehead atoms. The van der Waals surface area contributed by atoms with Gasteiger partial charge in [0.2, 0.25) is 0 Å². The Bertz CT molecular complexity index is 1020. The molecule has 4 rings (SSSR count). The van der Waals surface area contributed by atoms with Gasteiger partial charge in [-0.15, -0.1) is 0 Å². The van der Waals surface area contributed by atoms with Crippen molar-refractivity contribution in [2.45, 2.75) is 20.1 Å². The van der Waals surface area contributed by atoms with E-state index in [2.05, 4.69) is 61.5 Å². The van der Waals surface area contributed by atoms with E-state index in [-0.39, 0.29) is 0 Å². The van der Waals surface area contributed by atoms with E-state index in [9.17, 15) is 0 Å². The molecule has 0 N–H and O–H groups in total. The molecule has 0 aliphatic heterocycles. The molecule has 0 saturated carbocycles. The van der Waals surface area contributed by atoms with Gasteiger partial charge in [-0.25, -0.2) is 0 Å². The Labute approximate surface area is 160 Å². The maximum absolute atomic E-state index is 6.15. The predicted octanol–water partition coefficient (Wildman–Crippen LogP) is 6.31. The van der Waals surface area contributed by atoms with Gasteiger partial charge < -0.3 is 9.47 Å². The summed E-state index contributed by atoms with van der Waals surface area (Å²) < 4.78 is 12.3. The Hall–Kier alpha value is -3.26. The molecule has 27 heavy (non-hydrogen) atoms. The Morgan fingerprint density at radius 1 is 0.593 bits per heavy atom. The van der Waals surface area contributed by atoms with E-state index in [1.54, 1.807) is 0 Å². The van der Waals surface area contributed by atoms with Gasteiger partial charge in [0.15, 0.2) is 11.5 Å². The summed E-state index contributed by atoms with van der Waals surface area (Å²) in [4.78, 5) is 0. The average Bonchev–Trinajstić information content (AvgIpc) is 2.72. The van der Waals surface area contributed by atoms with E-state index in [1.165, 1.54) is 10.9 Å². The van der Waals surface area contributed by atoms with Crippen LogP contribution < -0.4 is 9.47 Å². The fourth-order valence-electron chi connectivity index (χ4n) is 3.14. The molecule has 0 spiro atoms. The van der Waals surface area contributed by atoms with Crippen molar-refractivity contribution >= 4 is 10.8 Å². The van der Waals surface area contributed by atoms with Gasteiger partial charge in [0, 0.05) is 0 Å². The zero-order chi connectivity index (χ0) is 18.5. The van der Waals surface area contributed by atoms with Gasteiger partial charge in [-0.3, -0.25) is 0 Å². The van der Waals surface area contributed by atoms with Crippen LogP contribution in [0.1, 0.15) is 16.7 Å². The van der Waals surface area contributed by atoms with E-state index >= 15 is 0 Å². The maximum atomic E-state index is 6.15. The van der Waals surface area contributed by atoms with Crippen LogP contribution in [0.3, 0.4) is 0 Å². The van der Waals surface area contributed by atoms with Gasteiger partial charge in [0.1, 0.15) is 13.2 Å². The number of fused-ring (bicyclic) bond motifs is 1. The monoisotopic (exact) mass is 354 g/mol. The second-order valence-electron chi connectivity index (χ2n) is 6.64. The van der Waals surface area contributed by atoms with Gasteiger partial charge in [-0.05, 0) is 46.5 Å². The minimum Gasteiger partial charge on any atom is -0.485 e. The number of aryl methyl sites for hydroxylation is 1. The summed E-state index contributed by atoms with van der Waals surface area (Å²) in [5, 5.41) is 2.35. The second-order valence-corrected chi connectivity index (χ2v) is 6.64. The highest BCUT2D eigenvalue weighted by Crippen LogP contribution is 2.35. The third kappa shape index (κ3) is 4.12. The predicted molar refractivity (Wildman–Crippen MR) is 110 cm³/mol. The summed E-state index contributed by atoms with van der Waals surface area (Å²) in [5.41, 5.74) is 3.50. The lowest BCUT2D eigenvalue weighted by Crippen LogP contribution is -2.01. The first-order chi connectivity index (χ1) is 13.3. The Morgan fingerprint density at radius 3 is 1.74 bits per heavy atom. The molecule has 0 aliphatic carbocycles. The molecule has 0 radical (unpaired) electrons. The van der Waals surface area contributed by atoms with E-state index in [0.29, 0.717) is 13.2 Å². The zero-order valence-electron chi connectivity index (χ0n) is 15.4. The van der Waals surface area contributed by atoms with Gasteiger partial charge >= 0.3 is 0 Å². The van der Waals surface area contributed by atoms with Crippen molar-refractivity contribution in [3.8, 4) is 11.5 Å². The van der Waals surface area contributed by atoms with Crippen LogP contribution in [0.2, 0.25) is 0 Å². The maximum Gasteiger partial charge on any atom is 0.162 e. The highest BCUT2D eigenvalue weighted by molar-refractivity contribution is 5.88. The lowest BCUT2D eigenvalue weighted by atomic mass is 10.0. The van der Waals surface area contributed by atoms with E-state index in [4.69, 9.17) is 9.47 Å². The zero-order valence-corrected chi connectivity index (χ0v) is 15.4. The highest BCUT2D eigenvalue weighted by Gasteiger charge is 2.10. The normalized spacial score (nSPS) is 10.7. The van der Waals surface area contributed by atoms with Crippen LogP contribution in [-0.4, -0.2) is 0 Å². The molecule has 0 saturated heterocycles. The molecular formula is C25H22O2. The number of rotatable bonds is 6. The summed E-state index contributed by atoms with van der Waals surface area (Å²) >= 11 is 0. The Kier molecular flexibility index (Phi) is 5.06. The van der Waals surface area contributed by atoms with Crippen LogP contribution in [0.15, 0.2) is 91.0 Å². The van der Waals surface area contributed by atoms with Crippen LogP contribution >= 0.6 is 0 Å². The molecule has 0 unspecified atom stereocenters. The molecule has 0 aliphatic rings. The molecule has 2 heteroatoms. The molecule has 0 heterocycles. The lowest BCUT2D eigenvalue weighted by Gasteiger charge is -2.15. The van der Waals surface area contributed by atoms with Crippen LogP contribution in [-0.2, 0) is 13.2 Å². The van der Waals surface area contributed by atoms with Crippen molar-refractivity contribution in [3.63, 3.8) is 0 Å². The number of hydrogen-bond acceptors (Lipinski definition) is 2. The molecule has 0 aromatic heterocycles. The smallest absolute Gasteiger partial charge is 0.162 e. The van der Waals surface area contributed by atoms with Crippen LogP contribution in [0.25, 0.3) is 10.8 Å². The first-order valence-electron chi connectivity index (χ1n) is 9.16. The topological polar surface area (TPSA) is 18.5 Å². The SMILES string of the molecule is Cc1cccc2cc(OCc3ccccc3)c(OCc3ccccc3)cc12. The molecule has 2 nitrogen and oxygen atoms in total. The first-order valence-corrected chi connectivity index (χ1v) is 9.16. The summed E-state index contributed by atoms with van der Waals surface area (Å²) in [6, 6.07) is 30.8. The number of hydrogen-bond donors (Lipinski definition) is 0. The van der Waals surface area contributed by atoms with E-state index in [0.717, 1.165) is 28.0 Å². The van der Waals surface area contributed by atoms with Crippen molar-refractivity contribution in [2.75, 3.05) is 0 Å². The van der Waals surface area contributed by atoms with Crippen LogP contribution in [0.5, 0.6) is 11.5 Å². The molecule has 4 aromatic rings. The second kappa shape index (κ2) is 7.96. The van der Waals surface area contributed by atoms with Crippen molar-refractivity contribution in [2.24, 2.45) is 0 Å². The Morgan fingerprint density at radius 2 is 1.15 bits per heavy atom. The summed E-state index contributed by atoms with van der Waals surface area (Å²) in [6.45, 7) is 3.15. The number of benzene rings is 4. The molecule has 134 valence electrons. The van der Waals surface area contributed by atoms with Gasteiger partial charge in [-0.2, -0.15) is 0 Å². The van der Waals surface area contributed by atoms with Gasteiger partial charge in [0.05, 0.1) is 0 Å². The largest absolute Gasteiger partial charge is 0.485 e. The summed E-state index contributed by atoms with van der Waals surface area (Å²) in [7, 11) is 0. The first kappa shape index (κ1) is 17.2. The molecular weight excluding hydrogens is 332 g/mol. The van der Waals surface area contributed by atoms with Crippen molar-refractivity contribution < 1.29 is 9.47 Å². The quantitative estimate of drug-likeness (QED) is 0.404. The number of ether oxygens (including phenoxy) is 2. The molecule has 4 aromatic carbocycles. The van der Waals surface area contributed by atoms with Gasteiger partial charge in [-0.1, -0.05) is 78.9 Å². The molecule has 0 amide bonds. The van der Waals surface area contributed by atoms with Crippen LogP contribution in [0.4, 0.5) is 0 Å². The van der Waals surface area contributed by atoms with Crippen molar-refractivity contribution in [1.82, 2.24) is 0 Å². The van der Waals surface area contributed by atoms with Gasteiger partial charge in [0.25, 0.3) is 0 Å². The van der Waals surface area contributed by atoms with E-state index < -0.39 is 0 Å². The minimum atomic E-state index is 0.514. The fourth-order valence-corrected chi connectivity index (χ4v) is 3.14. The molecule has 0 fully saturated rings. The highest BCUT2D eigenvalue weighted by atomic mass is 16.5. The summed E-state index contributed by atoms with van der Waals surface area (Å²) in [6.07, 6.45) is 0. The summed E-state index contributed by atoms with van der Waals surface area (Å²) in [5.74, 6) is 1.55. The third-order valence-corrected chi connectivity index (χ3v) is 4.64. The Balaban J connectivity index is 1.64. The molecule has 0 atom stereocenters. The van der Waals surface area contributed by atoms with Crippen molar-refractivity contribution in [3.05, 3.63) is 108 Å².